The molecule has 116 valence electrons. The number of nitrogens with two attached hydrogens (primary N) is 1. The molecule has 0 aliphatic carbocycles. The molecule has 0 aliphatic heterocycles. The summed E-state index contributed by atoms with van der Waals surface area (Å²) in [4.78, 5) is 0. The molecule has 3 N–H and O–H groups in total. The molecule has 0 aliphatic rings. The van der Waals surface area contributed by atoms with Crippen LogP contribution in [0.15, 0.2) is 70.9 Å². The molecule has 23 heavy (non-hydrogen) atoms. The van der Waals surface area contributed by atoms with Crippen LogP contribution in [-0.2, 0) is 11.4 Å². The third-order valence-electron chi connectivity index (χ3n) is 3.19. The van der Waals surface area contributed by atoms with Crippen molar-refractivity contribution in [3.63, 3.8) is 0 Å². The summed E-state index contributed by atoms with van der Waals surface area (Å²) in [5, 5.41) is 9.69. The van der Waals surface area contributed by atoms with Crippen LogP contribution in [0.5, 0.6) is 5.75 Å². The normalized spacial score (nSPS) is 12.6. The van der Waals surface area contributed by atoms with Crippen molar-refractivity contribution in [2.45, 2.75) is 0 Å². The number of nitrogens with zero attached hydrogens (tertiary/aromatic N) is 2. The molecular weight excluding hydrogens is 314 g/mol. The van der Waals surface area contributed by atoms with Crippen molar-refractivity contribution in [2.75, 3.05) is 5.73 Å². The molecule has 1 atom stereocenters. The van der Waals surface area contributed by atoms with Crippen molar-refractivity contribution in [3.05, 3.63) is 60.7 Å². The predicted octanol–water partition coefficient (Wildman–Crippen LogP) is 4.35. The summed E-state index contributed by atoms with van der Waals surface area (Å²) in [6.45, 7) is 0. The van der Waals surface area contributed by atoms with Crippen LogP contribution in [0.1, 0.15) is 0 Å². The third-order valence-corrected chi connectivity index (χ3v) is 3.52. The van der Waals surface area contributed by atoms with Gasteiger partial charge < -0.3 is 9.92 Å². The molecule has 0 saturated heterocycles. The Hall–Kier alpha value is -2.77. The van der Waals surface area contributed by atoms with E-state index in [9.17, 15) is 4.21 Å². The lowest BCUT2D eigenvalue weighted by molar-refractivity contribution is 0.460. The summed E-state index contributed by atoms with van der Waals surface area (Å²) in [5.74, 6) is 0.220. The van der Waals surface area contributed by atoms with Gasteiger partial charge >= 0.3 is 11.4 Å². The molecular formula is C16H13N3O3S. The molecule has 0 heterocycles. The number of nitrogen functional groups attached to an aromatic ring is 1. The standard InChI is InChI=1S/C16H13N3O3S/c17-13-10-9-11-5-4-8-14(22-23(20)21)15(11)16(13)19-18-12-6-2-1-3-7-12/h1-10H,17H2,(H,20,21). The molecule has 3 aromatic rings. The maximum atomic E-state index is 11.0. The van der Waals surface area contributed by atoms with Gasteiger partial charge in [0.15, 0.2) is 5.75 Å². The van der Waals surface area contributed by atoms with Gasteiger partial charge in [-0.25, -0.2) is 0 Å². The molecule has 1 unspecified atom stereocenters. The summed E-state index contributed by atoms with van der Waals surface area (Å²) < 4.78 is 24.9. The molecule has 0 radical (unpaired) electrons. The predicted molar refractivity (Wildman–Crippen MR) is 90.4 cm³/mol. The maximum Gasteiger partial charge on any atom is 0.357 e. The van der Waals surface area contributed by atoms with Crippen molar-refractivity contribution in [1.82, 2.24) is 0 Å². The number of rotatable bonds is 4. The molecule has 7 heteroatoms. The van der Waals surface area contributed by atoms with E-state index in [0.717, 1.165) is 5.39 Å². The number of azo groups is 1. The maximum absolute atomic E-state index is 11.0. The monoisotopic (exact) mass is 327 g/mol. The molecule has 0 amide bonds. The Balaban J connectivity index is 2.16. The van der Waals surface area contributed by atoms with Crippen LogP contribution in [0.3, 0.4) is 0 Å². The second-order valence-corrected chi connectivity index (χ2v) is 5.29. The first-order valence-electron chi connectivity index (χ1n) is 6.72. The van der Waals surface area contributed by atoms with Crippen LogP contribution >= 0.6 is 0 Å². The van der Waals surface area contributed by atoms with Crippen molar-refractivity contribution in [2.24, 2.45) is 10.2 Å². The highest BCUT2D eigenvalue weighted by molar-refractivity contribution is 7.74. The molecule has 0 saturated carbocycles. The highest BCUT2D eigenvalue weighted by atomic mass is 32.2. The van der Waals surface area contributed by atoms with E-state index < -0.39 is 11.4 Å². The largest absolute Gasteiger partial charge is 0.397 e. The first-order chi connectivity index (χ1) is 11.1. The van der Waals surface area contributed by atoms with Crippen LogP contribution < -0.4 is 9.92 Å². The Kier molecular flexibility index (Phi) is 4.31. The van der Waals surface area contributed by atoms with E-state index in [1.165, 1.54) is 0 Å². The molecule has 3 aromatic carbocycles. The van der Waals surface area contributed by atoms with Crippen LogP contribution in [0.25, 0.3) is 10.8 Å². The minimum Gasteiger partial charge on any atom is -0.397 e. The SMILES string of the molecule is Nc1ccc2cccc(OS(=O)O)c2c1N=Nc1ccccc1. The fourth-order valence-electron chi connectivity index (χ4n) is 2.20. The molecule has 3 rings (SSSR count). The van der Waals surface area contributed by atoms with E-state index in [0.29, 0.717) is 22.4 Å². The van der Waals surface area contributed by atoms with Crippen molar-refractivity contribution in [3.8, 4) is 5.75 Å². The Morgan fingerprint density at radius 3 is 2.48 bits per heavy atom. The fraction of sp³-hybridized carbons (Fsp3) is 0. The van der Waals surface area contributed by atoms with Gasteiger partial charge in [-0.15, -0.1) is 5.11 Å². The average Bonchev–Trinajstić information content (AvgIpc) is 2.55. The molecule has 0 bridgehead atoms. The van der Waals surface area contributed by atoms with E-state index in [2.05, 4.69) is 10.2 Å². The zero-order valence-electron chi connectivity index (χ0n) is 11.9. The van der Waals surface area contributed by atoms with E-state index in [4.69, 9.17) is 14.5 Å². The van der Waals surface area contributed by atoms with Gasteiger partial charge in [0.1, 0.15) is 5.69 Å². The third kappa shape index (κ3) is 3.36. The minimum absolute atomic E-state index is 0.220. The van der Waals surface area contributed by atoms with Crippen LogP contribution in [0, 0.1) is 0 Å². The van der Waals surface area contributed by atoms with E-state index in [1.54, 1.807) is 24.3 Å². The second-order valence-electron chi connectivity index (χ2n) is 4.69. The molecule has 6 nitrogen and oxygen atoms in total. The van der Waals surface area contributed by atoms with Gasteiger partial charge in [-0.2, -0.15) is 9.32 Å². The zero-order valence-corrected chi connectivity index (χ0v) is 12.7. The Morgan fingerprint density at radius 2 is 1.74 bits per heavy atom. The molecule has 0 aromatic heterocycles. The van der Waals surface area contributed by atoms with Gasteiger partial charge in [0.25, 0.3) is 0 Å². The topological polar surface area (TPSA) is 97.3 Å². The second kappa shape index (κ2) is 6.55. The van der Waals surface area contributed by atoms with Crippen molar-refractivity contribution >= 4 is 39.2 Å². The Bertz CT molecular complexity index is 898. The summed E-state index contributed by atoms with van der Waals surface area (Å²) in [6.07, 6.45) is 0. The number of fused-ring (bicyclic) bond motifs is 1. The summed E-state index contributed by atoms with van der Waals surface area (Å²) in [5.41, 5.74) is 7.47. The number of hydrogen-bond donors (Lipinski definition) is 2. The number of hydrogen-bond acceptors (Lipinski definition) is 5. The first kappa shape index (κ1) is 15.1. The van der Waals surface area contributed by atoms with Crippen molar-refractivity contribution < 1.29 is 12.9 Å². The lowest BCUT2D eigenvalue weighted by atomic mass is 10.1. The first-order valence-corrected chi connectivity index (χ1v) is 7.75. The smallest absolute Gasteiger partial charge is 0.357 e. The van der Waals surface area contributed by atoms with Crippen LogP contribution in [0.4, 0.5) is 17.1 Å². The summed E-state index contributed by atoms with van der Waals surface area (Å²) in [7, 11) is 0. The lowest BCUT2D eigenvalue weighted by Crippen LogP contribution is -1.98. The summed E-state index contributed by atoms with van der Waals surface area (Å²) in [6, 6.07) is 17.8. The van der Waals surface area contributed by atoms with Gasteiger partial charge in [0.2, 0.25) is 0 Å². The van der Waals surface area contributed by atoms with Crippen molar-refractivity contribution in [1.29, 1.82) is 0 Å². The van der Waals surface area contributed by atoms with Crippen LogP contribution in [0.2, 0.25) is 0 Å². The van der Waals surface area contributed by atoms with Crippen LogP contribution in [-0.4, -0.2) is 8.76 Å². The Labute approximate surface area is 135 Å². The van der Waals surface area contributed by atoms with Gasteiger partial charge in [-0.3, -0.25) is 4.55 Å². The molecule has 0 fully saturated rings. The highest BCUT2D eigenvalue weighted by Crippen LogP contribution is 2.39. The lowest BCUT2D eigenvalue weighted by Gasteiger charge is -2.09. The number of anilines is 1. The quantitative estimate of drug-likeness (QED) is 0.423. The van der Waals surface area contributed by atoms with Gasteiger partial charge in [-0.1, -0.05) is 36.4 Å². The number of benzene rings is 3. The Morgan fingerprint density at radius 1 is 0.957 bits per heavy atom. The highest BCUT2D eigenvalue weighted by Gasteiger charge is 2.12. The summed E-state index contributed by atoms with van der Waals surface area (Å²) >= 11 is -2.44. The van der Waals surface area contributed by atoms with Gasteiger partial charge in [-0.05, 0) is 29.7 Å². The molecule has 0 spiro atoms. The van der Waals surface area contributed by atoms with Gasteiger partial charge in [0, 0.05) is 0 Å². The fourth-order valence-corrected chi connectivity index (χ4v) is 2.49. The van der Waals surface area contributed by atoms with E-state index in [-0.39, 0.29) is 5.75 Å². The van der Waals surface area contributed by atoms with E-state index >= 15 is 0 Å². The average molecular weight is 327 g/mol. The zero-order chi connectivity index (χ0) is 16.2. The van der Waals surface area contributed by atoms with Gasteiger partial charge in [0.05, 0.1) is 16.8 Å². The minimum atomic E-state index is -2.44. The van der Waals surface area contributed by atoms with E-state index in [1.807, 2.05) is 36.4 Å².